The molecule has 1 aliphatic heterocycles. The molecule has 1 aliphatic rings. The Bertz CT molecular complexity index is 174. The van der Waals surface area contributed by atoms with E-state index in [4.69, 9.17) is 0 Å². The SMILES string of the molecule is CCCC(C)(CO)NCC1CCCNC1.Cl. The van der Waals surface area contributed by atoms with Gasteiger partial charge in [0, 0.05) is 5.54 Å². The van der Waals surface area contributed by atoms with E-state index in [2.05, 4.69) is 24.5 Å². The van der Waals surface area contributed by atoms with Crippen LogP contribution in [-0.4, -0.2) is 36.9 Å². The molecule has 1 rings (SSSR count). The van der Waals surface area contributed by atoms with E-state index in [0.717, 1.165) is 31.8 Å². The molecule has 1 fully saturated rings. The van der Waals surface area contributed by atoms with Gasteiger partial charge in [0.25, 0.3) is 0 Å². The smallest absolute Gasteiger partial charge is 0.0610 e. The third-order valence-electron chi connectivity index (χ3n) is 3.37. The zero-order valence-corrected chi connectivity index (χ0v) is 11.4. The molecule has 98 valence electrons. The van der Waals surface area contributed by atoms with E-state index >= 15 is 0 Å². The molecule has 0 aromatic heterocycles. The first kappa shape index (κ1) is 16.2. The number of aliphatic hydroxyl groups excluding tert-OH is 1. The highest BCUT2D eigenvalue weighted by Gasteiger charge is 2.23. The van der Waals surface area contributed by atoms with E-state index in [9.17, 15) is 5.11 Å². The first-order chi connectivity index (χ1) is 7.20. The third kappa shape index (κ3) is 5.48. The summed E-state index contributed by atoms with van der Waals surface area (Å²) in [6.07, 6.45) is 4.76. The third-order valence-corrected chi connectivity index (χ3v) is 3.37. The van der Waals surface area contributed by atoms with Gasteiger partial charge >= 0.3 is 0 Å². The highest BCUT2D eigenvalue weighted by atomic mass is 35.5. The summed E-state index contributed by atoms with van der Waals surface area (Å²) >= 11 is 0. The van der Waals surface area contributed by atoms with Gasteiger partial charge in [0.1, 0.15) is 0 Å². The minimum atomic E-state index is -0.0772. The molecule has 4 heteroatoms. The van der Waals surface area contributed by atoms with Gasteiger partial charge < -0.3 is 15.7 Å². The fourth-order valence-electron chi connectivity index (χ4n) is 2.26. The second-order valence-electron chi connectivity index (χ2n) is 5.06. The van der Waals surface area contributed by atoms with Crippen molar-refractivity contribution in [3.63, 3.8) is 0 Å². The van der Waals surface area contributed by atoms with Crippen LogP contribution in [0.4, 0.5) is 0 Å². The fraction of sp³-hybridized carbons (Fsp3) is 1.00. The maximum Gasteiger partial charge on any atom is 0.0610 e. The Hall–Kier alpha value is 0.170. The van der Waals surface area contributed by atoms with Gasteiger partial charge in [-0.25, -0.2) is 0 Å². The maximum atomic E-state index is 9.37. The molecule has 0 aliphatic carbocycles. The van der Waals surface area contributed by atoms with E-state index < -0.39 is 0 Å². The van der Waals surface area contributed by atoms with Gasteiger partial charge in [-0.15, -0.1) is 12.4 Å². The van der Waals surface area contributed by atoms with Crippen molar-refractivity contribution in [1.29, 1.82) is 0 Å². The van der Waals surface area contributed by atoms with Gasteiger partial charge in [0.15, 0.2) is 0 Å². The molecule has 0 bridgehead atoms. The lowest BCUT2D eigenvalue weighted by Gasteiger charge is -2.32. The van der Waals surface area contributed by atoms with Crippen LogP contribution in [0.25, 0.3) is 0 Å². The highest BCUT2D eigenvalue weighted by Crippen LogP contribution is 2.14. The summed E-state index contributed by atoms with van der Waals surface area (Å²) in [6, 6.07) is 0. The van der Waals surface area contributed by atoms with Crippen molar-refractivity contribution in [3.8, 4) is 0 Å². The lowest BCUT2D eigenvalue weighted by atomic mass is 9.94. The summed E-state index contributed by atoms with van der Waals surface area (Å²) in [6.45, 7) is 7.85. The molecule has 3 N–H and O–H groups in total. The molecule has 3 nitrogen and oxygen atoms in total. The second-order valence-corrected chi connectivity index (χ2v) is 5.06. The zero-order chi connectivity index (χ0) is 11.1. The van der Waals surface area contributed by atoms with Gasteiger partial charge in [-0.05, 0) is 51.7 Å². The largest absolute Gasteiger partial charge is 0.394 e. The van der Waals surface area contributed by atoms with Crippen LogP contribution in [0, 0.1) is 5.92 Å². The van der Waals surface area contributed by atoms with Gasteiger partial charge in [-0.2, -0.15) is 0 Å². The molecule has 0 aromatic carbocycles. The summed E-state index contributed by atoms with van der Waals surface area (Å²) < 4.78 is 0. The van der Waals surface area contributed by atoms with Crippen LogP contribution < -0.4 is 10.6 Å². The van der Waals surface area contributed by atoms with Crippen molar-refractivity contribution in [3.05, 3.63) is 0 Å². The van der Waals surface area contributed by atoms with E-state index in [-0.39, 0.29) is 24.6 Å². The molecule has 2 unspecified atom stereocenters. The lowest BCUT2D eigenvalue weighted by Crippen LogP contribution is -2.49. The van der Waals surface area contributed by atoms with E-state index in [1.165, 1.54) is 19.4 Å². The number of aliphatic hydroxyl groups is 1. The maximum absolute atomic E-state index is 9.37. The highest BCUT2D eigenvalue weighted by molar-refractivity contribution is 5.85. The first-order valence-corrected chi connectivity index (χ1v) is 6.27. The summed E-state index contributed by atoms with van der Waals surface area (Å²) in [4.78, 5) is 0. The Labute approximate surface area is 106 Å². The van der Waals surface area contributed by atoms with Crippen LogP contribution in [0.1, 0.15) is 39.5 Å². The first-order valence-electron chi connectivity index (χ1n) is 6.27. The molecule has 0 saturated carbocycles. The van der Waals surface area contributed by atoms with Gasteiger partial charge in [0.05, 0.1) is 6.61 Å². The molecule has 0 amide bonds. The molecule has 1 heterocycles. The molecule has 0 radical (unpaired) electrons. The molecule has 2 atom stereocenters. The van der Waals surface area contributed by atoms with Crippen LogP contribution in [0.2, 0.25) is 0 Å². The van der Waals surface area contributed by atoms with Crippen molar-refractivity contribution >= 4 is 12.4 Å². The average molecular weight is 251 g/mol. The van der Waals surface area contributed by atoms with Crippen molar-refractivity contribution in [2.75, 3.05) is 26.2 Å². The van der Waals surface area contributed by atoms with E-state index in [1.807, 2.05) is 0 Å². The predicted octanol–water partition coefficient (Wildman–Crippen LogP) is 1.55. The normalized spacial score (nSPS) is 24.6. The van der Waals surface area contributed by atoms with E-state index in [0.29, 0.717) is 0 Å². The van der Waals surface area contributed by atoms with Crippen LogP contribution in [0.5, 0.6) is 0 Å². The Morgan fingerprint density at radius 3 is 2.75 bits per heavy atom. The predicted molar refractivity (Wildman–Crippen MR) is 71.2 cm³/mol. The van der Waals surface area contributed by atoms with Crippen LogP contribution >= 0.6 is 12.4 Å². The number of piperidine rings is 1. The molecule has 0 spiro atoms. The number of rotatable bonds is 6. The summed E-state index contributed by atoms with van der Waals surface area (Å²) in [7, 11) is 0. The molecular weight excluding hydrogens is 224 g/mol. The molecule has 1 saturated heterocycles. The van der Waals surface area contributed by atoms with Crippen LogP contribution in [0.15, 0.2) is 0 Å². The quantitative estimate of drug-likeness (QED) is 0.670. The Kier molecular flexibility index (Phi) is 8.38. The minimum Gasteiger partial charge on any atom is -0.394 e. The Balaban J connectivity index is 0.00000225. The zero-order valence-electron chi connectivity index (χ0n) is 10.6. The second kappa shape index (κ2) is 8.29. The lowest BCUT2D eigenvalue weighted by molar-refractivity contribution is 0.156. The monoisotopic (exact) mass is 250 g/mol. The number of hydrogen-bond acceptors (Lipinski definition) is 3. The van der Waals surface area contributed by atoms with Crippen molar-refractivity contribution in [1.82, 2.24) is 10.6 Å². The van der Waals surface area contributed by atoms with Crippen molar-refractivity contribution in [2.24, 2.45) is 5.92 Å². The topological polar surface area (TPSA) is 44.3 Å². The molecular formula is C12H27ClN2O. The van der Waals surface area contributed by atoms with E-state index in [1.54, 1.807) is 0 Å². The summed E-state index contributed by atoms with van der Waals surface area (Å²) in [5.74, 6) is 0.737. The average Bonchev–Trinajstić information content (AvgIpc) is 2.28. The Morgan fingerprint density at radius 2 is 2.25 bits per heavy atom. The summed E-state index contributed by atoms with van der Waals surface area (Å²) in [5.41, 5.74) is -0.0772. The van der Waals surface area contributed by atoms with Crippen LogP contribution in [-0.2, 0) is 0 Å². The Morgan fingerprint density at radius 1 is 1.50 bits per heavy atom. The van der Waals surface area contributed by atoms with Gasteiger partial charge in [-0.1, -0.05) is 13.3 Å². The standard InChI is InChI=1S/C12H26N2O.ClH/c1-3-6-12(2,10-15)14-9-11-5-4-7-13-8-11;/h11,13-15H,3-10H2,1-2H3;1H. The minimum absolute atomic E-state index is 0. The number of nitrogens with one attached hydrogen (secondary N) is 2. The van der Waals surface area contributed by atoms with Crippen molar-refractivity contribution < 1.29 is 5.11 Å². The van der Waals surface area contributed by atoms with Crippen molar-refractivity contribution in [2.45, 2.75) is 45.1 Å². The summed E-state index contributed by atoms with van der Waals surface area (Å²) in [5, 5.41) is 16.3. The molecule has 0 aromatic rings. The number of hydrogen-bond donors (Lipinski definition) is 3. The van der Waals surface area contributed by atoms with Gasteiger partial charge in [0.2, 0.25) is 0 Å². The van der Waals surface area contributed by atoms with Gasteiger partial charge in [-0.3, -0.25) is 0 Å². The van der Waals surface area contributed by atoms with Crippen LogP contribution in [0.3, 0.4) is 0 Å². The fourth-order valence-corrected chi connectivity index (χ4v) is 2.26. The number of halogens is 1. The molecule has 16 heavy (non-hydrogen) atoms.